The van der Waals surface area contributed by atoms with Crippen LogP contribution in [0.25, 0.3) is 55.6 Å². The lowest BCUT2D eigenvalue weighted by atomic mass is 9.44. The van der Waals surface area contributed by atoms with Gasteiger partial charge in [0.2, 0.25) is 0 Å². The summed E-state index contributed by atoms with van der Waals surface area (Å²) in [5, 5.41) is 0. The molecule has 3 fully saturated rings. The van der Waals surface area contributed by atoms with Gasteiger partial charge < -0.3 is 4.90 Å². The summed E-state index contributed by atoms with van der Waals surface area (Å²) in [6.07, 6.45) is 10.4. The second-order valence-electron chi connectivity index (χ2n) is 27.9. The average molecular weight is 1070 g/mol. The molecule has 0 N–H and O–H groups in total. The zero-order valence-corrected chi connectivity index (χ0v) is 48.5. The Morgan fingerprint density at radius 2 is 0.711 bits per heavy atom. The van der Waals surface area contributed by atoms with Crippen molar-refractivity contribution in [3.05, 3.63) is 280 Å². The van der Waals surface area contributed by atoms with Crippen LogP contribution >= 0.6 is 0 Å². The van der Waals surface area contributed by atoms with Gasteiger partial charge in [0.1, 0.15) is 0 Å². The lowest BCUT2D eigenvalue weighted by molar-refractivity contribution is 0.0568. The summed E-state index contributed by atoms with van der Waals surface area (Å²) in [5.41, 5.74) is 32.4. The van der Waals surface area contributed by atoms with Crippen LogP contribution in [-0.4, -0.2) is 0 Å². The Labute approximate surface area is 491 Å². The minimum Gasteiger partial charge on any atom is -0.310 e. The molecule has 8 aliphatic rings. The molecule has 18 rings (SSSR count). The molecule has 0 amide bonds. The van der Waals surface area contributed by atoms with Gasteiger partial charge in [0, 0.05) is 38.3 Å². The van der Waals surface area contributed by atoms with E-state index in [2.05, 4.69) is 257 Å². The van der Waals surface area contributed by atoms with Crippen molar-refractivity contribution >= 4 is 17.1 Å². The van der Waals surface area contributed by atoms with Gasteiger partial charge in [-0.15, -0.1) is 0 Å². The largest absolute Gasteiger partial charge is 0.310 e. The predicted octanol–water partition coefficient (Wildman–Crippen LogP) is 21.3. The van der Waals surface area contributed by atoms with Crippen LogP contribution in [0.3, 0.4) is 0 Å². The molecule has 7 atom stereocenters. The second kappa shape index (κ2) is 17.1. The van der Waals surface area contributed by atoms with E-state index >= 15 is 0 Å². The van der Waals surface area contributed by atoms with Crippen molar-refractivity contribution in [2.45, 2.75) is 130 Å². The molecule has 1 nitrogen and oxygen atoms in total. The second-order valence-corrected chi connectivity index (χ2v) is 27.9. The molecule has 83 heavy (non-hydrogen) atoms. The summed E-state index contributed by atoms with van der Waals surface area (Å²) >= 11 is 0. The summed E-state index contributed by atoms with van der Waals surface area (Å²) in [7, 11) is 0. The third-order valence-corrected chi connectivity index (χ3v) is 23.7. The molecule has 7 unspecified atom stereocenters. The zero-order valence-electron chi connectivity index (χ0n) is 48.5. The number of hydrogen-bond donors (Lipinski definition) is 0. The maximum atomic E-state index is 2.85. The lowest BCUT2D eigenvalue weighted by Gasteiger charge is -2.59. The first-order chi connectivity index (χ1) is 40.6. The smallest absolute Gasteiger partial charge is 0.0543 e. The van der Waals surface area contributed by atoms with Crippen LogP contribution in [0.15, 0.2) is 224 Å². The predicted molar refractivity (Wildman–Crippen MR) is 344 cm³/mol. The monoisotopic (exact) mass is 1070 g/mol. The fourth-order valence-corrected chi connectivity index (χ4v) is 20.8. The Kier molecular flexibility index (Phi) is 9.98. The van der Waals surface area contributed by atoms with E-state index in [0.29, 0.717) is 17.8 Å². The highest BCUT2D eigenvalue weighted by atomic mass is 15.2. The first-order valence-corrected chi connectivity index (χ1v) is 31.5. The minimum atomic E-state index is -0.263. The Morgan fingerprint density at radius 1 is 0.313 bits per heavy atom. The number of anilines is 3. The summed E-state index contributed by atoms with van der Waals surface area (Å²) < 4.78 is 0. The third kappa shape index (κ3) is 6.29. The van der Waals surface area contributed by atoms with Gasteiger partial charge >= 0.3 is 0 Å². The molecule has 8 aliphatic carbocycles. The molecule has 10 aromatic rings. The fraction of sp³-hybridized carbons (Fsp3) is 0.268. The van der Waals surface area contributed by atoms with Crippen molar-refractivity contribution < 1.29 is 0 Å². The molecule has 6 bridgehead atoms. The maximum Gasteiger partial charge on any atom is 0.0543 e. The molecule has 0 aromatic heterocycles. The molecular formula is C82H71N. The first-order valence-electron chi connectivity index (χ1n) is 31.5. The van der Waals surface area contributed by atoms with E-state index in [1.54, 1.807) is 33.4 Å². The normalized spacial score (nSPS) is 26.0. The van der Waals surface area contributed by atoms with E-state index in [4.69, 9.17) is 0 Å². The molecule has 404 valence electrons. The highest BCUT2D eigenvalue weighted by Crippen LogP contribution is 2.76. The van der Waals surface area contributed by atoms with Crippen LogP contribution < -0.4 is 4.90 Å². The van der Waals surface area contributed by atoms with Gasteiger partial charge in [-0.3, -0.25) is 0 Å². The van der Waals surface area contributed by atoms with E-state index in [9.17, 15) is 0 Å². The van der Waals surface area contributed by atoms with Gasteiger partial charge in [0.05, 0.1) is 11.4 Å². The molecule has 0 radical (unpaired) electrons. The first kappa shape index (κ1) is 48.5. The summed E-state index contributed by atoms with van der Waals surface area (Å²) in [5.74, 6) is 1.48. The molecule has 0 heterocycles. The number of rotatable bonds is 3. The topological polar surface area (TPSA) is 3.24 Å². The van der Waals surface area contributed by atoms with Crippen LogP contribution in [0.2, 0.25) is 0 Å². The number of benzene rings is 10. The highest BCUT2D eigenvalue weighted by Gasteiger charge is 2.68. The molecule has 10 aromatic carbocycles. The number of fused-ring (bicyclic) bond motifs is 22. The molecule has 1 heteroatoms. The quantitative estimate of drug-likeness (QED) is 0.170. The van der Waals surface area contributed by atoms with Crippen molar-refractivity contribution in [3.8, 4) is 55.6 Å². The maximum absolute atomic E-state index is 2.85. The molecule has 3 saturated carbocycles. The number of nitrogens with zero attached hydrogens (tertiary/aromatic N) is 1. The minimum absolute atomic E-state index is 0.161. The zero-order chi connectivity index (χ0) is 55.2. The van der Waals surface area contributed by atoms with Crippen LogP contribution in [0.1, 0.15) is 159 Å². The van der Waals surface area contributed by atoms with Gasteiger partial charge in [-0.25, -0.2) is 0 Å². The fourth-order valence-electron chi connectivity index (χ4n) is 20.8. The van der Waals surface area contributed by atoms with Gasteiger partial charge in [-0.05, 0) is 211 Å². The Balaban J connectivity index is 1.01. The number of hydrogen-bond acceptors (Lipinski definition) is 1. The van der Waals surface area contributed by atoms with Crippen molar-refractivity contribution in [2.24, 2.45) is 5.92 Å². The standard InChI is InChI=1S/C82H71N/c1-78(2)68-33-16-14-30-66(68)75-71(78)36-20-37-73(75)83(54-39-40-64-63-29-11-15-32-67(63)79(3,4)72(64)47-54)74-38-19-31-65-60-26-10-7-23-57(60)52-42-45-80(76(65)74)44-41-51-48-81(69-34-17-12-27-61(69)58-24-8-5-21-55(51)58)46-43-53-50-82(49-52,77(80)81)70-35-18-13-28-62(70)59-25-9-6-22-56(53)59/h5-40,47,51-53,77H,41-46,48-50H2,1-4H3. The highest BCUT2D eigenvalue weighted by molar-refractivity contribution is 5.98. The van der Waals surface area contributed by atoms with Gasteiger partial charge in [0.25, 0.3) is 0 Å². The summed E-state index contributed by atoms with van der Waals surface area (Å²) in [6.45, 7) is 9.84. The Bertz CT molecular complexity index is 4400. The van der Waals surface area contributed by atoms with Crippen LogP contribution in [-0.2, 0) is 27.1 Å². The van der Waals surface area contributed by atoms with Crippen molar-refractivity contribution in [1.82, 2.24) is 0 Å². The average Bonchev–Trinajstić information content (AvgIpc) is 1.62. The van der Waals surface area contributed by atoms with Crippen molar-refractivity contribution in [1.29, 1.82) is 0 Å². The Hall–Kier alpha value is -8.00. The SMILES string of the molecule is CC1(C)c2ccccc2-c2ccc(N(c3cccc4c3-c3ccccc3C4(C)C)c3cccc4c3C35CCC6CC7(CCC8CC(CC(CC3)c3ccccc3-4)(c3ccccc3-c3ccccc38)C75)c3ccccc3-c3ccccc36)cc21. The third-order valence-electron chi connectivity index (χ3n) is 23.7. The molecule has 3 spiro atoms. The Morgan fingerprint density at radius 3 is 1.31 bits per heavy atom. The lowest BCUT2D eigenvalue weighted by Crippen LogP contribution is -2.56. The van der Waals surface area contributed by atoms with Crippen LogP contribution in [0.5, 0.6) is 0 Å². The van der Waals surface area contributed by atoms with E-state index < -0.39 is 0 Å². The van der Waals surface area contributed by atoms with E-state index in [1.807, 2.05) is 0 Å². The van der Waals surface area contributed by atoms with E-state index in [1.165, 1.54) is 114 Å². The van der Waals surface area contributed by atoms with Crippen LogP contribution in [0.4, 0.5) is 17.1 Å². The van der Waals surface area contributed by atoms with E-state index in [-0.39, 0.29) is 33.0 Å². The van der Waals surface area contributed by atoms with E-state index in [0.717, 1.165) is 38.5 Å². The van der Waals surface area contributed by atoms with Gasteiger partial charge in [-0.1, -0.05) is 228 Å². The molecule has 0 saturated heterocycles. The van der Waals surface area contributed by atoms with Gasteiger partial charge in [0.15, 0.2) is 0 Å². The molecule has 0 aliphatic heterocycles. The van der Waals surface area contributed by atoms with Crippen molar-refractivity contribution in [3.63, 3.8) is 0 Å². The van der Waals surface area contributed by atoms with Gasteiger partial charge in [-0.2, -0.15) is 0 Å². The summed E-state index contributed by atoms with van der Waals surface area (Å²) in [6, 6.07) is 90.5. The molecular weight excluding hydrogens is 999 g/mol. The van der Waals surface area contributed by atoms with Crippen molar-refractivity contribution in [2.75, 3.05) is 4.90 Å². The van der Waals surface area contributed by atoms with Crippen LogP contribution in [0, 0.1) is 5.92 Å². The summed E-state index contributed by atoms with van der Waals surface area (Å²) in [4.78, 5) is 2.85.